The molecule has 0 amide bonds. The van der Waals surface area contributed by atoms with Crippen molar-refractivity contribution >= 4 is 27.5 Å². The van der Waals surface area contributed by atoms with Gasteiger partial charge in [-0.25, -0.2) is 0 Å². The minimum absolute atomic E-state index is 0.376. The van der Waals surface area contributed by atoms with Gasteiger partial charge < -0.3 is 4.74 Å². The SMILES string of the molecule is CC1CCC(CC(CCl)c2ccccc2Br)O1. The lowest BCUT2D eigenvalue weighted by atomic mass is 9.94. The van der Waals surface area contributed by atoms with Crippen molar-refractivity contribution in [3.05, 3.63) is 34.3 Å². The van der Waals surface area contributed by atoms with Gasteiger partial charge >= 0.3 is 0 Å². The second-order valence-electron chi connectivity index (χ2n) is 4.75. The zero-order valence-electron chi connectivity index (χ0n) is 10.0. The number of rotatable bonds is 4. The molecule has 0 aliphatic carbocycles. The number of hydrogen-bond acceptors (Lipinski definition) is 1. The Bertz CT molecular complexity index is 369. The number of hydrogen-bond donors (Lipinski definition) is 0. The van der Waals surface area contributed by atoms with E-state index < -0.39 is 0 Å². The average Bonchev–Trinajstić information content (AvgIpc) is 2.73. The van der Waals surface area contributed by atoms with E-state index in [-0.39, 0.29) is 0 Å². The monoisotopic (exact) mass is 316 g/mol. The first-order valence-corrected chi connectivity index (χ1v) is 7.49. The highest BCUT2D eigenvalue weighted by Gasteiger charge is 2.26. The summed E-state index contributed by atoms with van der Waals surface area (Å²) in [7, 11) is 0. The molecule has 1 saturated heterocycles. The quantitative estimate of drug-likeness (QED) is 0.730. The minimum Gasteiger partial charge on any atom is -0.375 e. The first-order chi connectivity index (χ1) is 8.20. The van der Waals surface area contributed by atoms with Gasteiger partial charge in [-0.1, -0.05) is 34.1 Å². The van der Waals surface area contributed by atoms with Gasteiger partial charge in [0.15, 0.2) is 0 Å². The zero-order chi connectivity index (χ0) is 12.3. The predicted molar refractivity (Wildman–Crippen MR) is 75.8 cm³/mol. The van der Waals surface area contributed by atoms with Crippen molar-refractivity contribution in [2.75, 3.05) is 5.88 Å². The van der Waals surface area contributed by atoms with Gasteiger partial charge in [0.05, 0.1) is 12.2 Å². The first kappa shape index (κ1) is 13.4. The van der Waals surface area contributed by atoms with Gasteiger partial charge in [-0.3, -0.25) is 0 Å². The molecule has 3 atom stereocenters. The molecule has 0 spiro atoms. The average molecular weight is 318 g/mol. The first-order valence-electron chi connectivity index (χ1n) is 6.16. The van der Waals surface area contributed by atoms with Gasteiger partial charge in [-0.15, -0.1) is 11.6 Å². The van der Waals surface area contributed by atoms with Crippen LogP contribution in [0.2, 0.25) is 0 Å². The summed E-state index contributed by atoms with van der Waals surface area (Å²) in [6.07, 6.45) is 4.15. The Kier molecular flexibility index (Phi) is 4.89. The Hall–Kier alpha value is -0.0500. The fourth-order valence-corrected chi connectivity index (χ4v) is 3.36. The molecule has 1 aromatic rings. The van der Waals surface area contributed by atoms with Crippen LogP contribution in [0.1, 0.15) is 37.7 Å². The van der Waals surface area contributed by atoms with Crippen molar-refractivity contribution in [3.63, 3.8) is 0 Å². The van der Waals surface area contributed by atoms with Crippen LogP contribution in [0, 0.1) is 0 Å². The van der Waals surface area contributed by atoms with E-state index in [4.69, 9.17) is 16.3 Å². The summed E-state index contributed by atoms with van der Waals surface area (Å²) in [4.78, 5) is 0. The molecule has 1 aromatic carbocycles. The number of ether oxygens (including phenoxy) is 1. The smallest absolute Gasteiger partial charge is 0.0586 e. The maximum atomic E-state index is 6.11. The third kappa shape index (κ3) is 3.46. The van der Waals surface area contributed by atoms with E-state index in [1.54, 1.807) is 0 Å². The molecule has 2 rings (SSSR count). The Labute approximate surface area is 117 Å². The molecular formula is C14H18BrClO. The van der Waals surface area contributed by atoms with E-state index in [0.717, 1.165) is 10.9 Å². The molecule has 0 aromatic heterocycles. The highest BCUT2D eigenvalue weighted by molar-refractivity contribution is 9.10. The molecule has 1 aliphatic rings. The molecule has 1 nitrogen and oxygen atoms in total. The van der Waals surface area contributed by atoms with Crippen molar-refractivity contribution in [1.82, 2.24) is 0 Å². The summed E-state index contributed by atoms with van der Waals surface area (Å²) < 4.78 is 7.03. The maximum absolute atomic E-state index is 6.11. The number of alkyl halides is 1. The van der Waals surface area contributed by atoms with Crippen LogP contribution in [0.4, 0.5) is 0 Å². The van der Waals surface area contributed by atoms with E-state index in [1.165, 1.54) is 18.4 Å². The van der Waals surface area contributed by atoms with Gasteiger partial charge in [0.25, 0.3) is 0 Å². The van der Waals surface area contributed by atoms with Crippen molar-refractivity contribution < 1.29 is 4.74 Å². The molecule has 17 heavy (non-hydrogen) atoms. The summed E-state index contributed by atoms with van der Waals surface area (Å²) in [5, 5.41) is 0. The molecule has 1 fully saturated rings. The van der Waals surface area contributed by atoms with Crippen molar-refractivity contribution in [3.8, 4) is 0 Å². The van der Waals surface area contributed by atoms with Crippen LogP contribution < -0.4 is 0 Å². The summed E-state index contributed by atoms with van der Waals surface area (Å²) >= 11 is 9.71. The summed E-state index contributed by atoms with van der Waals surface area (Å²) in [6.45, 7) is 2.15. The van der Waals surface area contributed by atoms with Crippen molar-refractivity contribution in [2.45, 2.75) is 44.3 Å². The minimum atomic E-state index is 0.376. The fraction of sp³-hybridized carbons (Fsp3) is 0.571. The fourth-order valence-electron chi connectivity index (χ4n) is 2.46. The molecule has 0 N–H and O–H groups in total. The van der Waals surface area contributed by atoms with Crippen LogP contribution in [-0.4, -0.2) is 18.1 Å². The zero-order valence-corrected chi connectivity index (χ0v) is 12.4. The summed E-state index contributed by atoms with van der Waals surface area (Å²) in [5.41, 5.74) is 1.30. The Morgan fingerprint density at radius 2 is 2.18 bits per heavy atom. The van der Waals surface area contributed by atoms with Crippen molar-refractivity contribution in [2.24, 2.45) is 0 Å². The highest BCUT2D eigenvalue weighted by Crippen LogP contribution is 2.33. The van der Waals surface area contributed by atoms with Crippen LogP contribution in [0.15, 0.2) is 28.7 Å². The summed E-state index contributed by atoms with van der Waals surface area (Å²) in [6, 6.07) is 8.33. The molecule has 0 saturated carbocycles. The molecular weight excluding hydrogens is 300 g/mol. The summed E-state index contributed by atoms with van der Waals surface area (Å²) in [5.74, 6) is 1.03. The molecule has 3 heteroatoms. The molecule has 94 valence electrons. The lowest BCUT2D eigenvalue weighted by molar-refractivity contribution is 0.0477. The van der Waals surface area contributed by atoms with Gasteiger partial charge in [0, 0.05) is 16.3 Å². The topological polar surface area (TPSA) is 9.23 Å². The largest absolute Gasteiger partial charge is 0.375 e. The molecule has 1 heterocycles. The van der Waals surface area contributed by atoms with Crippen LogP contribution in [-0.2, 0) is 4.74 Å². The number of halogens is 2. The highest BCUT2D eigenvalue weighted by atomic mass is 79.9. The number of benzene rings is 1. The maximum Gasteiger partial charge on any atom is 0.0586 e. The third-order valence-corrected chi connectivity index (χ3v) is 4.49. The Balaban J connectivity index is 2.04. The second-order valence-corrected chi connectivity index (χ2v) is 5.92. The lowest BCUT2D eigenvalue weighted by Gasteiger charge is -2.20. The van der Waals surface area contributed by atoms with E-state index in [0.29, 0.717) is 24.0 Å². The molecule has 0 radical (unpaired) electrons. The normalized spacial score (nSPS) is 26.1. The van der Waals surface area contributed by atoms with Gasteiger partial charge in [-0.05, 0) is 37.8 Å². The molecule has 1 aliphatic heterocycles. The van der Waals surface area contributed by atoms with E-state index >= 15 is 0 Å². The predicted octanol–water partition coefficient (Wildman–Crippen LogP) is 4.73. The Morgan fingerprint density at radius 3 is 2.76 bits per heavy atom. The van der Waals surface area contributed by atoms with Crippen molar-refractivity contribution in [1.29, 1.82) is 0 Å². The van der Waals surface area contributed by atoms with E-state index in [1.807, 2.05) is 6.07 Å². The van der Waals surface area contributed by atoms with Crippen LogP contribution >= 0.6 is 27.5 Å². The lowest BCUT2D eigenvalue weighted by Crippen LogP contribution is -2.14. The standard InChI is InChI=1S/C14H18BrClO/c1-10-6-7-12(17-10)8-11(9-16)13-4-2-3-5-14(13)15/h2-5,10-12H,6-9H2,1H3. The molecule has 0 bridgehead atoms. The molecule has 3 unspecified atom stereocenters. The van der Waals surface area contributed by atoms with E-state index in [2.05, 4.69) is 41.1 Å². The van der Waals surface area contributed by atoms with Crippen LogP contribution in [0.3, 0.4) is 0 Å². The van der Waals surface area contributed by atoms with Crippen LogP contribution in [0.25, 0.3) is 0 Å². The second kappa shape index (κ2) is 6.21. The van der Waals surface area contributed by atoms with Gasteiger partial charge in [-0.2, -0.15) is 0 Å². The van der Waals surface area contributed by atoms with Gasteiger partial charge in [0.1, 0.15) is 0 Å². The van der Waals surface area contributed by atoms with Crippen LogP contribution in [0.5, 0.6) is 0 Å². The Morgan fingerprint density at radius 1 is 1.41 bits per heavy atom. The third-order valence-electron chi connectivity index (χ3n) is 3.40. The van der Waals surface area contributed by atoms with E-state index in [9.17, 15) is 0 Å². The van der Waals surface area contributed by atoms with Gasteiger partial charge in [0.2, 0.25) is 0 Å².